The molecule has 4 N–H and O–H groups in total. The second-order valence-corrected chi connectivity index (χ2v) is 6.79. The number of ketones is 1. The number of hydrogen-bond donors (Lipinski definition) is 3. The lowest BCUT2D eigenvalue weighted by atomic mass is 10.1. The molecule has 3 aromatic rings. The van der Waals surface area contributed by atoms with Crippen LogP contribution in [0.2, 0.25) is 5.02 Å². The van der Waals surface area contributed by atoms with E-state index < -0.39 is 5.91 Å². The molecule has 1 amide bonds. The number of allylic oxidation sites excluding steroid dienone is 1. The van der Waals surface area contributed by atoms with Gasteiger partial charge < -0.3 is 16.4 Å². The van der Waals surface area contributed by atoms with E-state index in [1.165, 1.54) is 30.5 Å². The molecular weight excluding hydrogens is 416 g/mol. The highest BCUT2D eigenvalue weighted by Gasteiger charge is 2.12. The summed E-state index contributed by atoms with van der Waals surface area (Å²) in [6, 6.07) is 13.6. The summed E-state index contributed by atoms with van der Waals surface area (Å²) in [5, 5.41) is 15.6. The topological polar surface area (TPSA) is 134 Å². The lowest BCUT2D eigenvalue weighted by Gasteiger charge is -2.13. The van der Waals surface area contributed by atoms with Crippen molar-refractivity contribution in [3.63, 3.8) is 0 Å². The number of nitrogens with zero attached hydrogens (tertiary/aromatic N) is 3. The van der Waals surface area contributed by atoms with Gasteiger partial charge in [0.1, 0.15) is 11.1 Å². The second-order valence-electron chi connectivity index (χ2n) is 6.38. The highest BCUT2D eigenvalue weighted by atomic mass is 35.5. The SMILES string of the molecule is C=CC(=O)Cc1ccccc1Nc1nc(Nc2cc(C(N)=O)ccc2C#N)ncc1Cl. The van der Waals surface area contributed by atoms with Crippen molar-refractivity contribution < 1.29 is 9.59 Å². The third-order valence-electron chi connectivity index (χ3n) is 4.28. The van der Waals surface area contributed by atoms with E-state index in [1.54, 1.807) is 6.07 Å². The fourth-order valence-corrected chi connectivity index (χ4v) is 2.86. The minimum absolute atomic E-state index is 0.122. The van der Waals surface area contributed by atoms with Gasteiger partial charge in [-0.3, -0.25) is 9.59 Å². The molecule has 1 heterocycles. The molecular formula is C22H17ClN6O2. The second kappa shape index (κ2) is 9.52. The van der Waals surface area contributed by atoms with Crippen LogP contribution in [-0.2, 0) is 11.2 Å². The molecule has 1 aromatic heterocycles. The van der Waals surface area contributed by atoms with Crippen LogP contribution in [0.15, 0.2) is 61.3 Å². The number of anilines is 4. The summed E-state index contributed by atoms with van der Waals surface area (Å²) < 4.78 is 0. The van der Waals surface area contributed by atoms with Crippen molar-refractivity contribution in [2.45, 2.75) is 6.42 Å². The Morgan fingerprint density at radius 3 is 2.68 bits per heavy atom. The Morgan fingerprint density at radius 1 is 1.19 bits per heavy atom. The van der Waals surface area contributed by atoms with Gasteiger partial charge in [0, 0.05) is 17.7 Å². The molecule has 0 aliphatic carbocycles. The van der Waals surface area contributed by atoms with Crippen LogP contribution in [-0.4, -0.2) is 21.7 Å². The van der Waals surface area contributed by atoms with E-state index in [-0.39, 0.29) is 34.3 Å². The third kappa shape index (κ3) is 5.23. The van der Waals surface area contributed by atoms with Crippen molar-refractivity contribution in [1.82, 2.24) is 9.97 Å². The van der Waals surface area contributed by atoms with Crippen LogP contribution in [0.3, 0.4) is 0 Å². The lowest BCUT2D eigenvalue weighted by molar-refractivity contribution is -0.114. The molecule has 9 heteroatoms. The van der Waals surface area contributed by atoms with Crippen LogP contribution in [0.4, 0.5) is 23.1 Å². The van der Waals surface area contributed by atoms with Crippen molar-refractivity contribution in [1.29, 1.82) is 5.26 Å². The minimum Gasteiger partial charge on any atom is -0.366 e. The number of nitrogens with one attached hydrogen (secondary N) is 2. The van der Waals surface area contributed by atoms with Crippen LogP contribution in [0, 0.1) is 11.3 Å². The van der Waals surface area contributed by atoms with Crippen molar-refractivity contribution >= 4 is 46.4 Å². The van der Waals surface area contributed by atoms with Crippen LogP contribution in [0.5, 0.6) is 0 Å². The largest absolute Gasteiger partial charge is 0.366 e. The van der Waals surface area contributed by atoms with Gasteiger partial charge in [-0.2, -0.15) is 10.2 Å². The number of nitrogens with two attached hydrogens (primary N) is 1. The van der Waals surface area contributed by atoms with E-state index in [0.717, 1.165) is 5.56 Å². The zero-order valence-corrected chi connectivity index (χ0v) is 17.0. The Morgan fingerprint density at radius 2 is 1.97 bits per heavy atom. The Balaban J connectivity index is 1.92. The van der Waals surface area contributed by atoms with Gasteiger partial charge in [-0.05, 0) is 35.9 Å². The maximum absolute atomic E-state index is 11.8. The molecule has 0 aliphatic rings. The molecule has 0 spiro atoms. The molecule has 0 saturated carbocycles. The van der Waals surface area contributed by atoms with E-state index in [9.17, 15) is 14.9 Å². The Bertz CT molecular complexity index is 1220. The Labute approximate surface area is 183 Å². The van der Waals surface area contributed by atoms with Crippen molar-refractivity contribution in [3.05, 3.63) is 83.0 Å². The Hall–Kier alpha value is -4.22. The number of nitriles is 1. The number of carbonyl (C=O) groups is 2. The first-order valence-corrected chi connectivity index (χ1v) is 9.42. The first kappa shape index (κ1) is 21.5. The van der Waals surface area contributed by atoms with Crippen LogP contribution < -0.4 is 16.4 Å². The summed E-state index contributed by atoms with van der Waals surface area (Å²) in [5.74, 6) is -0.312. The minimum atomic E-state index is -0.627. The molecule has 31 heavy (non-hydrogen) atoms. The number of aromatic nitrogens is 2. The molecule has 0 radical (unpaired) electrons. The summed E-state index contributed by atoms with van der Waals surface area (Å²) >= 11 is 6.25. The van der Waals surface area contributed by atoms with Crippen LogP contribution in [0.1, 0.15) is 21.5 Å². The summed E-state index contributed by atoms with van der Waals surface area (Å²) in [6.45, 7) is 3.50. The average molecular weight is 433 g/mol. The van der Waals surface area contributed by atoms with Gasteiger partial charge >= 0.3 is 0 Å². The first-order valence-electron chi connectivity index (χ1n) is 9.05. The van der Waals surface area contributed by atoms with Crippen molar-refractivity contribution in [3.8, 4) is 6.07 Å². The molecule has 8 nitrogen and oxygen atoms in total. The predicted octanol–water partition coefficient (Wildman–Crippen LogP) is 3.89. The maximum atomic E-state index is 11.8. The number of carbonyl (C=O) groups excluding carboxylic acids is 2. The number of para-hydroxylation sites is 1. The van der Waals surface area contributed by atoms with E-state index in [4.69, 9.17) is 17.3 Å². The monoisotopic (exact) mass is 432 g/mol. The highest BCUT2D eigenvalue weighted by Crippen LogP contribution is 2.28. The Kier molecular flexibility index (Phi) is 6.60. The van der Waals surface area contributed by atoms with Crippen molar-refractivity contribution in [2.24, 2.45) is 5.73 Å². The highest BCUT2D eigenvalue weighted by molar-refractivity contribution is 6.33. The van der Waals surface area contributed by atoms with Gasteiger partial charge in [0.05, 0.1) is 17.4 Å². The zero-order chi connectivity index (χ0) is 22.4. The van der Waals surface area contributed by atoms with Crippen LogP contribution >= 0.6 is 11.6 Å². The number of hydrogen-bond acceptors (Lipinski definition) is 7. The number of primary amides is 1. The molecule has 154 valence electrons. The van der Waals surface area contributed by atoms with Gasteiger partial charge in [0.15, 0.2) is 11.6 Å². The summed E-state index contributed by atoms with van der Waals surface area (Å²) in [7, 11) is 0. The summed E-state index contributed by atoms with van der Waals surface area (Å²) in [4.78, 5) is 31.7. The smallest absolute Gasteiger partial charge is 0.248 e. The average Bonchev–Trinajstić information content (AvgIpc) is 2.77. The number of rotatable bonds is 8. The van der Waals surface area contributed by atoms with Gasteiger partial charge in [-0.15, -0.1) is 0 Å². The van der Waals surface area contributed by atoms with Crippen LogP contribution in [0.25, 0.3) is 0 Å². The molecule has 0 aliphatic heterocycles. The third-order valence-corrected chi connectivity index (χ3v) is 4.55. The maximum Gasteiger partial charge on any atom is 0.248 e. The van der Waals surface area contributed by atoms with Gasteiger partial charge in [0.2, 0.25) is 11.9 Å². The number of amides is 1. The van der Waals surface area contributed by atoms with E-state index in [2.05, 4.69) is 27.2 Å². The van der Waals surface area contributed by atoms with Crippen molar-refractivity contribution in [2.75, 3.05) is 10.6 Å². The van der Waals surface area contributed by atoms with E-state index >= 15 is 0 Å². The fourth-order valence-electron chi connectivity index (χ4n) is 2.72. The standard InChI is InChI=1S/C22H17ClN6O2/c1-2-16(30)9-13-5-3-4-6-18(13)27-21-17(23)12-26-22(29-21)28-19-10-14(20(25)31)7-8-15(19)11-24/h2-8,10,12H,1,9H2,(H2,25,31)(H2,26,27,28,29). The molecule has 3 rings (SSSR count). The molecule has 0 bridgehead atoms. The fraction of sp³-hybridized carbons (Fsp3) is 0.0455. The lowest BCUT2D eigenvalue weighted by Crippen LogP contribution is -2.11. The van der Waals surface area contributed by atoms with Gasteiger partial charge in [0.25, 0.3) is 0 Å². The first-order chi connectivity index (χ1) is 14.9. The molecule has 0 fully saturated rings. The number of benzene rings is 2. The summed E-state index contributed by atoms with van der Waals surface area (Å²) in [6.07, 6.45) is 2.83. The predicted molar refractivity (Wildman–Crippen MR) is 119 cm³/mol. The summed E-state index contributed by atoms with van der Waals surface area (Å²) in [5.41, 5.74) is 7.55. The molecule has 0 unspecified atom stereocenters. The quantitative estimate of drug-likeness (QED) is 0.459. The number of halogens is 1. The normalized spacial score (nSPS) is 10.1. The van der Waals surface area contributed by atoms with E-state index in [0.29, 0.717) is 17.2 Å². The molecule has 0 atom stereocenters. The van der Waals surface area contributed by atoms with Gasteiger partial charge in [-0.1, -0.05) is 36.4 Å². The van der Waals surface area contributed by atoms with E-state index in [1.807, 2.05) is 24.3 Å². The molecule has 2 aromatic carbocycles. The molecule has 0 saturated heterocycles. The zero-order valence-electron chi connectivity index (χ0n) is 16.2. The van der Waals surface area contributed by atoms with Gasteiger partial charge in [-0.25, -0.2) is 4.98 Å².